The van der Waals surface area contributed by atoms with E-state index in [1.54, 1.807) is 18.2 Å². The van der Waals surface area contributed by atoms with E-state index >= 15 is 0 Å². The minimum absolute atomic E-state index is 0.0194. The molecule has 1 aliphatic rings. The van der Waals surface area contributed by atoms with Gasteiger partial charge in [0, 0.05) is 16.8 Å². The molecule has 0 fully saturated rings. The summed E-state index contributed by atoms with van der Waals surface area (Å²) in [7, 11) is 1.50. The number of ether oxygens (including phenoxy) is 1. The van der Waals surface area contributed by atoms with Gasteiger partial charge in [0.1, 0.15) is 5.69 Å². The van der Waals surface area contributed by atoms with Crippen LogP contribution >= 0.6 is 12.2 Å². The summed E-state index contributed by atoms with van der Waals surface area (Å²) in [6.07, 6.45) is 4.57. The zero-order valence-corrected chi connectivity index (χ0v) is 14.3. The number of aromatic amines is 2. The monoisotopic (exact) mass is 356 g/mol. The fourth-order valence-corrected chi connectivity index (χ4v) is 3.16. The smallest absolute Gasteiger partial charge is 0.216 e. The molecule has 0 unspecified atom stereocenters. The van der Waals surface area contributed by atoms with Crippen molar-refractivity contribution in [1.82, 2.24) is 25.1 Å². The lowest BCUT2D eigenvalue weighted by molar-refractivity contribution is 0.373. The standard InChI is InChI=1S/C16H16N6O2S/c1-24-12-7-2-4-9(14(12)23)8-17-22-15(20-21-16(22)25)13-10-5-3-6-11(10)18-19-13/h2,4,7-8,23H,3,5-6H2,1H3,(H,18,19)(H,21,25)/b17-8-. The van der Waals surface area contributed by atoms with E-state index in [1.807, 2.05) is 0 Å². The van der Waals surface area contributed by atoms with Crippen molar-refractivity contribution in [1.29, 1.82) is 0 Å². The number of H-pyrrole nitrogens is 2. The zero-order chi connectivity index (χ0) is 17.4. The quantitative estimate of drug-likeness (QED) is 0.492. The SMILES string of the molecule is COc1cccc(/C=N\n2c(-c3n[nH]c4c3CCC4)n[nH]c2=S)c1O. The molecule has 2 aromatic heterocycles. The Hall–Kier alpha value is -2.94. The molecule has 2 heterocycles. The van der Waals surface area contributed by atoms with Gasteiger partial charge in [-0.15, -0.1) is 0 Å². The van der Waals surface area contributed by atoms with Gasteiger partial charge in [0.15, 0.2) is 11.5 Å². The van der Waals surface area contributed by atoms with Crippen molar-refractivity contribution in [3.63, 3.8) is 0 Å². The van der Waals surface area contributed by atoms with Gasteiger partial charge in [-0.2, -0.15) is 20.0 Å². The number of benzene rings is 1. The molecule has 8 nitrogen and oxygen atoms in total. The minimum Gasteiger partial charge on any atom is -0.504 e. The second kappa shape index (κ2) is 6.17. The lowest BCUT2D eigenvalue weighted by atomic mass is 10.2. The van der Waals surface area contributed by atoms with Crippen molar-refractivity contribution in [2.24, 2.45) is 5.10 Å². The minimum atomic E-state index is 0.0194. The molecule has 0 spiro atoms. The molecule has 0 aliphatic heterocycles. The molecule has 0 saturated carbocycles. The number of para-hydroxylation sites is 1. The summed E-state index contributed by atoms with van der Waals surface area (Å²) in [4.78, 5) is 0. The summed E-state index contributed by atoms with van der Waals surface area (Å²) in [6.45, 7) is 0. The summed E-state index contributed by atoms with van der Waals surface area (Å²) in [5.41, 5.74) is 3.58. The Morgan fingerprint density at radius 2 is 2.20 bits per heavy atom. The van der Waals surface area contributed by atoms with Crippen LogP contribution in [0.25, 0.3) is 11.5 Å². The predicted molar refractivity (Wildman–Crippen MR) is 94.7 cm³/mol. The van der Waals surface area contributed by atoms with Crippen LogP contribution in [-0.2, 0) is 12.8 Å². The number of nitrogens with one attached hydrogen (secondary N) is 2. The van der Waals surface area contributed by atoms with Gasteiger partial charge in [-0.25, -0.2) is 5.10 Å². The Labute approximate surface area is 148 Å². The first-order valence-corrected chi connectivity index (χ1v) is 8.24. The zero-order valence-electron chi connectivity index (χ0n) is 13.5. The first kappa shape index (κ1) is 15.6. The maximum Gasteiger partial charge on any atom is 0.216 e. The number of hydrogen-bond acceptors (Lipinski definition) is 6. The van der Waals surface area contributed by atoms with E-state index in [1.165, 1.54) is 18.0 Å². The van der Waals surface area contributed by atoms with Crippen molar-refractivity contribution in [2.75, 3.05) is 7.11 Å². The molecule has 1 aliphatic carbocycles. The molecule has 0 radical (unpaired) electrons. The Morgan fingerprint density at radius 1 is 1.32 bits per heavy atom. The first-order chi connectivity index (χ1) is 12.2. The number of aryl methyl sites for hydroxylation is 1. The van der Waals surface area contributed by atoms with E-state index in [0.717, 1.165) is 36.2 Å². The van der Waals surface area contributed by atoms with Crippen LogP contribution in [0.2, 0.25) is 0 Å². The van der Waals surface area contributed by atoms with E-state index < -0.39 is 0 Å². The maximum absolute atomic E-state index is 10.2. The van der Waals surface area contributed by atoms with Crippen molar-refractivity contribution < 1.29 is 9.84 Å². The van der Waals surface area contributed by atoms with Crippen LogP contribution in [0.3, 0.4) is 0 Å². The molecule has 128 valence electrons. The van der Waals surface area contributed by atoms with Gasteiger partial charge in [0.05, 0.1) is 13.3 Å². The topological polar surface area (TPSA) is 104 Å². The van der Waals surface area contributed by atoms with Crippen molar-refractivity contribution in [3.8, 4) is 23.0 Å². The van der Waals surface area contributed by atoms with E-state index in [4.69, 9.17) is 17.0 Å². The fourth-order valence-electron chi connectivity index (χ4n) is 2.98. The maximum atomic E-state index is 10.2. The van der Waals surface area contributed by atoms with Crippen LogP contribution in [0.4, 0.5) is 0 Å². The number of fused-ring (bicyclic) bond motifs is 1. The molecule has 0 saturated heterocycles. The highest BCUT2D eigenvalue weighted by Gasteiger charge is 2.23. The van der Waals surface area contributed by atoms with Crippen LogP contribution in [0.15, 0.2) is 23.3 Å². The van der Waals surface area contributed by atoms with Gasteiger partial charge in [-0.1, -0.05) is 6.07 Å². The number of methoxy groups -OCH3 is 1. The second-order valence-electron chi connectivity index (χ2n) is 5.69. The van der Waals surface area contributed by atoms with Gasteiger partial charge in [-0.3, -0.25) is 5.10 Å². The van der Waals surface area contributed by atoms with Crippen molar-refractivity contribution in [2.45, 2.75) is 19.3 Å². The highest BCUT2D eigenvalue weighted by molar-refractivity contribution is 7.71. The van der Waals surface area contributed by atoms with Gasteiger partial charge >= 0.3 is 0 Å². The van der Waals surface area contributed by atoms with Gasteiger partial charge in [-0.05, 0) is 43.6 Å². The van der Waals surface area contributed by atoms with Crippen LogP contribution in [0, 0.1) is 4.77 Å². The summed E-state index contributed by atoms with van der Waals surface area (Å²) < 4.78 is 6.96. The van der Waals surface area contributed by atoms with E-state index in [-0.39, 0.29) is 5.75 Å². The molecule has 3 aromatic rings. The Kier molecular flexibility index (Phi) is 3.85. The average molecular weight is 356 g/mol. The molecule has 0 amide bonds. The average Bonchev–Trinajstić information content (AvgIpc) is 3.30. The molecule has 4 rings (SSSR count). The van der Waals surface area contributed by atoms with E-state index in [0.29, 0.717) is 21.9 Å². The molecule has 25 heavy (non-hydrogen) atoms. The number of aromatic hydroxyl groups is 1. The summed E-state index contributed by atoms with van der Waals surface area (Å²) in [5, 5.41) is 29.0. The highest BCUT2D eigenvalue weighted by Crippen LogP contribution is 2.30. The number of phenols is 1. The summed E-state index contributed by atoms with van der Waals surface area (Å²) in [5.74, 6) is 0.944. The molecule has 1 aromatic carbocycles. The molecular formula is C16H16N6O2S. The van der Waals surface area contributed by atoms with Gasteiger partial charge in [0.2, 0.25) is 10.6 Å². The third kappa shape index (κ3) is 2.62. The van der Waals surface area contributed by atoms with Crippen LogP contribution in [-0.4, -0.2) is 43.5 Å². The lowest BCUT2D eigenvalue weighted by Crippen LogP contribution is -1.98. The summed E-state index contributed by atoms with van der Waals surface area (Å²) in [6, 6.07) is 5.18. The first-order valence-electron chi connectivity index (χ1n) is 7.83. The summed E-state index contributed by atoms with van der Waals surface area (Å²) >= 11 is 5.28. The molecule has 0 bridgehead atoms. The molecule has 3 N–H and O–H groups in total. The number of nitrogens with zero attached hydrogens (tertiary/aromatic N) is 4. The van der Waals surface area contributed by atoms with Crippen LogP contribution < -0.4 is 4.74 Å². The largest absolute Gasteiger partial charge is 0.504 e. The molecule has 0 atom stereocenters. The Morgan fingerprint density at radius 3 is 3.04 bits per heavy atom. The lowest BCUT2D eigenvalue weighted by Gasteiger charge is -2.05. The van der Waals surface area contributed by atoms with Crippen molar-refractivity contribution in [3.05, 3.63) is 39.8 Å². The van der Waals surface area contributed by atoms with Crippen LogP contribution in [0.1, 0.15) is 23.2 Å². The number of phenolic OH excluding ortho intramolecular Hbond substituents is 1. The molecule has 9 heteroatoms. The van der Waals surface area contributed by atoms with Crippen molar-refractivity contribution >= 4 is 18.4 Å². The fraction of sp³-hybridized carbons (Fsp3) is 0.250. The third-order valence-corrected chi connectivity index (χ3v) is 4.50. The predicted octanol–water partition coefficient (Wildman–Crippen LogP) is 2.42. The third-order valence-electron chi connectivity index (χ3n) is 4.23. The number of rotatable bonds is 4. The highest BCUT2D eigenvalue weighted by atomic mass is 32.1. The van der Waals surface area contributed by atoms with Crippen LogP contribution in [0.5, 0.6) is 11.5 Å². The molecular weight excluding hydrogens is 340 g/mol. The van der Waals surface area contributed by atoms with E-state index in [2.05, 4.69) is 25.5 Å². The normalized spacial score (nSPS) is 13.5. The Balaban J connectivity index is 1.75. The van der Waals surface area contributed by atoms with Gasteiger partial charge in [0.25, 0.3) is 0 Å². The number of hydrogen-bond donors (Lipinski definition) is 3. The van der Waals surface area contributed by atoms with Gasteiger partial charge < -0.3 is 9.84 Å². The number of aromatic nitrogens is 5. The van der Waals surface area contributed by atoms with E-state index in [9.17, 15) is 5.11 Å². The second-order valence-corrected chi connectivity index (χ2v) is 6.08. The Bertz CT molecular complexity index is 1020.